The largest absolute Gasteiger partial charge is 0.867 e. The molecule has 0 saturated carbocycles. The maximum atomic E-state index is 11.4. The van der Waals surface area contributed by atoms with Gasteiger partial charge in [-0.25, -0.2) is 4.79 Å². The van der Waals surface area contributed by atoms with Gasteiger partial charge >= 0.3 is 5.97 Å². The molecule has 0 amide bonds. The van der Waals surface area contributed by atoms with Crippen LogP contribution in [-0.2, 0) is 4.74 Å². The third-order valence-electron chi connectivity index (χ3n) is 1.64. The van der Waals surface area contributed by atoms with E-state index in [0.717, 1.165) is 13.2 Å². The first-order valence-electron chi connectivity index (χ1n) is 3.70. The van der Waals surface area contributed by atoms with Crippen molar-refractivity contribution in [2.24, 2.45) is 0 Å². The molecule has 0 unspecified atom stereocenters. The molecule has 0 saturated heterocycles. The van der Waals surface area contributed by atoms with E-state index in [0.29, 0.717) is 0 Å². The van der Waals surface area contributed by atoms with Crippen LogP contribution in [-0.4, -0.2) is 18.0 Å². The Labute approximate surface area is 92.8 Å². The molecular weight excluding hydrogens is 270 g/mol. The molecule has 0 atom stereocenters. The summed E-state index contributed by atoms with van der Waals surface area (Å²) in [6.45, 7) is 0. The van der Waals surface area contributed by atoms with E-state index in [1.54, 1.807) is 0 Å². The first-order valence-corrected chi connectivity index (χ1v) is 4.50. The van der Waals surface area contributed by atoms with Crippen LogP contribution in [0.1, 0.15) is 10.4 Å². The van der Waals surface area contributed by atoms with Gasteiger partial charge in [0, 0.05) is 10.5 Å². The van der Waals surface area contributed by atoms with Crippen molar-refractivity contribution in [2.45, 2.75) is 0 Å². The van der Waals surface area contributed by atoms with Crippen molar-refractivity contribution >= 4 is 27.6 Å². The summed E-state index contributed by atoms with van der Waals surface area (Å²) in [7, 11) is 1.09. The molecule has 7 heteroatoms. The van der Waals surface area contributed by atoms with Gasteiger partial charge < -0.3 is 9.84 Å². The van der Waals surface area contributed by atoms with Crippen molar-refractivity contribution in [3.05, 3.63) is 32.3 Å². The Kier molecular flexibility index (Phi) is 3.25. The summed E-state index contributed by atoms with van der Waals surface area (Å²) in [6.07, 6.45) is 0. The lowest BCUT2D eigenvalue weighted by Crippen LogP contribution is -2.09. The molecule has 1 aromatic carbocycles. The molecule has 1 rings (SSSR count). The van der Waals surface area contributed by atoms with Crippen LogP contribution in [0, 0.1) is 10.1 Å². The van der Waals surface area contributed by atoms with Crippen molar-refractivity contribution < 1.29 is 19.6 Å². The number of nitro benzene ring substituents is 1. The summed E-state index contributed by atoms with van der Waals surface area (Å²) in [5.74, 6) is -1.85. The summed E-state index contributed by atoms with van der Waals surface area (Å²) in [5, 5.41) is 21.9. The van der Waals surface area contributed by atoms with Crippen molar-refractivity contribution in [1.29, 1.82) is 0 Å². The smallest absolute Gasteiger partial charge is 0.337 e. The van der Waals surface area contributed by atoms with Gasteiger partial charge in [0.25, 0.3) is 5.69 Å². The highest BCUT2D eigenvalue weighted by molar-refractivity contribution is 9.10. The maximum Gasteiger partial charge on any atom is 0.337 e. The van der Waals surface area contributed by atoms with Crippen LogP contribution in [0.15, 0.2) is 16.6 Å². The summed E-state index contributed by atoms with van der Waals surface area (Å²) < 4.78 is 4.60. The molecule has 0 aromatic heterocycles. The van der Waals surface area contributed by atoms with Crippen molar-refractivity contribution in [1.82, 2.24) is 0 Å². The Balaban J connectivity index is 3.41. The standard InChI is InChI=1S/C8H6BrNO5/c1-15-8(12)5-2-4(9)3-6(7(5)11)10(13)14/h2-3,11H,1H3/p-1. The number of nitrogens with zero attached hydrogens (tertiary/aromatic N) is 1. The Bertz CT molecular complexity index is 431. The van der Waals surface area contributed by atoms with Crippen LogP contribution >= 0.6 is 15.9 Å². The minimum atomic E-state index is -0.949. The topological polar surface area (TPSA) is 92.5 Å². The third-order valence-corrected chi connectivity index (χ3v) is 2.09. The number of ether oxygens (including phenoxy) is 1. The molecule has 0 N–H and O–H groups in total. The fraction of sp³-hybridized carbons (Fsp3) is 0.125. The van der Waals surface area contributed by atoms with Gasteiger partial charge in [0.15, 0.2) is 0 Å². The van der Waals surface area contributed by atoms with Crippen LogP contribution in [0.2, 0.25) is 0 Å². The van der Waals surface area contributed by atoms with Crippen molar-refractivity contribution in [3.8, 4) is 5.75 Å². The van der Waals surface area contributed by atoms with E-state index < -0.39 is 22.3 Å². The van der Waals surface area contributed by atoms with Gasteiger partial charge in [-0.05, 0) is 11.8 Å². The zero-order chi connectivity index (χ0) is 11.6. The van der Waals surface area contributed by atoms with Crippen LogP contribution in [0.4, 0.5) is 5.69 Å². The fourth-order valence-corrected chi connectivity index (χ4v) is 1.42. The second-order valence-corrected chi connectivity index (χ2v) is 3.47. The summed E-state index contributed by atoms with van der Waals surface area (Å²) in [6, 6.07) is 2.22. The van der Waals surface area contributed by atoms with E-state index >= 15 is 0 Å². The molecule has 0 heterocycles. The monoisotopic (exact) mass is 274 g/mol. The minimum absolute atomic E-state index is 0.272. The van der Waals surface area contributed by atoms with E-state index in [2.05, 4.69) is 20.7 Å². The number of hydrogen-bond donors (Lipinski definition) is 0. The molecule has 0 spiro atoms. The van der Waals surface area contributed by atoms with Gasteiger partial charge in [0.2, 0.25) is 0 Å². The van der Waals surface area contributed by atoms with Crippen LogP contribution in [0.25, 0.3) is 0 Å². The summed E-state index contributed by atoms with van der Waals surface area (Å²) in [4.78, 5) is 20.7. The lowest BCUT2D eigenvalue weighted by Gasteiger charge is -2.12. The Hall–Kier alpha value is -1.63. The predicted octanol–water partition coefficient (Wildman–Crippen LogP) is 1.22. The van der Waals surface area contributed by atoms with Crippen molar-refractivity contribution in [2.75, 3.05) is 7.11 Å². The third kappa shape index (κ3) is 2.24. The molecule has 0 radical (unpaired) electrons. The number of halogens is 1. The lowest BCUT2D eigenvalue weighted by molar-refractivity contribution is -0.398. The number of carbonyl (C=O) groups excluding carboxylic acids is 1. The van der Waals surface area contributed by atoms with Gasteiger partial charge in [0.05, 0.1) is 17.6 Å². The zero-order valence-electron chi connectivity index (χ0n) is 7.52. The van der Waals surface area contributed by atoms with Gasteiger partial charge in [-0.2, -0.15) is 0 Å². The first kappa shape index (κ1) is 11.4. The Morgan fingerprint density at radius 1 is 1.53 bits per heavy atom. The molecule has 0 fully saturated rings. The second-order valence-electron chi connectivity index (χ2n) is 2.55. The summed E-state index contributed by atoms with van der Waals surface area (Å²) in [5.41, 5.74) is -1.02. The van der Waals surface area contributed by atoms with Gasteiger partial charge in [-0.3, -0.25) is 10.1 Å². The van der Waals surface area contributed by atoms with E-state index in [9.17, 15) is 20.0 Å². The average Bonchev–Trinajstić information content (AvgIpc) is 2.19. The zero-order valence-corrected chi connectivity index (χ0v) is 9.11. The first-order chi connectivity index (χ1) is 6.97. The molecular formula is C8H5BrNO5-. The second kappa shape index (κ2) is 4.26. The molecule has 0 bridgehead atoms. The van der Waals surface area contributed by atoms with Gasteiger partial charge in [-0.15, -0.1) is 0 Å². The lowest BCUT2D eigenvalue weighted by atomic mass is 10.2. The molecule has 0 aliphatic heterocycles. The fourth-order valence-electron chi connectivity index (χ4n) is 0.976. The molecule has 0 aliphatic rings. The maximum absolute atomic E-state index is 11.4. The quantitative estimate of drug-likeness (QED) is 0.459. The number of carbonyl (C=O) groups is 1. The SMILES string of the molecule is COC(=O)c1cc(Br)cc([N+](=O)[O-])c1[O-]. The number of esters is 1. The highest BCUT2D eigenvalue weighted by Crippen LogP contribution is 2.31. The van der Waals surface area contributed by atoms with E-state index in [1.165, 1.54) is 6.07 Å². The van der Waals surface area contributed by atoms with E-state index in [-0.39, 0.29) is 10.0 Å². The average molecular weight is 275 g/mol. The number of hydrogen-bond acceptors (Lipinski definition) is 5. The van der Waals surface area contributed by atoms with E-state index in [1.807, 2.05) is 0 Å². The minimum Gasteiger partial charge on any atom is -0.867 e. The molecule has 6 nitrogen and oxygen atoms in total. The van der Waals surface area contributed by atoms with Crippen LogP contribution in [0.5, 0.6) is 5.75 Å². The number of methoxy groups -OCH3 is 1. The predicted molar refractivity (Wildman–Crippen MR) is 51.6 cm³/mol. The van der Waals surface area contributed by atoms with Crippen LogP contribution in [0.3, 0.4) is 0 Å². The van der Waals surface area contributed by atoms with Crippen LogP contribution < -0.4 is 5.11 Å². The van der Waals surface area contributed by atoms with Gasteiger partial charge in [-0.1, -0.05) is 15.9 Å². The number of nitro groups is 1. The highest BCUT2D eigenvalue weighted by atomic mass is 79.9. The normalized spacial score (nSPS) is 9.73. The Morgan fingerprint density at radius 3 is 2.60 bits per heavy atom. The number of rotatable bonds is 2. The molecule has 1 aromatic rings. The Morgan fingerprint density at radius 2 is 2.13 bits per heavy atom. The van der Waals surface area contributed by atoms with E-state index in [4.69, 9.17) is 0 Å². The number of benzene rings is 1. The van der Waals surface area contributed by atoms with Gasteiger partial charge in [0.1, 0.15) is 0 Å². The molecule has 80 valence electrons. The molecule has 15 heavy (non-hydrogen) atoms. The van der Waals surface area contributed by atoms with Crippen molar-refractivity contribution in [3.63, 3.8) is 0 Å². The highest BCUT2D eigenvalue weighted by Gasteiger charge is 2.16. The summed E-state index contributed by atoms with van der Waals surface area (Å²) >= 11 is 2.96. The molecule has 0 aliphatic carbocycles.